The van der Waals surface area contributed by atoms with Gasteiger partial charge in [0.1, 0.15) is 5.60 Å². The summed E-state index contributed by atoms with van der Waals surface area (Å²) in [5.41, 5.74) is -0.416. The van der Waals surface area contributed by atoms with Crippen LogP contribution in [-0.4, -0.2) is 29.8 Å². The van der Waals surface area contributed by atoms with Gasteiger partial charge in [0, 0.05) is 18.1 Å². The first-order valence-corrected chi connectivity index (χ1v) is 9.66. The second-order valence-corrected chi connectivity index (χ2v) is 9.39. The van der Waals surface area contributed by atoms with Crippen molar-refractivity contribution in [3.63, 3.8) is 0 Å². The maximum Gasteiger partial charge on any atom is 0.407 e. The molecule has 0 aliphatic heterocycles. The van der Waals surface area contributed by atoms with Gasteiger partial charge in [0.2, 0.25) is 0 Å². The van der Waals surface area contributed by atoms with E-state index in [2.05, 4.69) is 10.6 Å². The predicted octanol–water partition coefficient (Wildman–Crippen LogP) is 3.46. The van der Waals surface area contributed by atoms with Crippen molar-refractivity contribution in [2.75, 3.05) is 0 Å². The van der Waals surface area contributed by atoms with E-state index in [9.17, 15) is 4.79 Å². The maximum absolute atomic E-state index is 12.0. The molecule has 130 valence electrons. The van der Waals surface area contributed by atoms with Crippen LogP contribution in [0.1, 0.15) is 65.7 Å². The van der Waals surface area contributed by atoms with Crippen LogP contribution in [0.2, 0.25) is 0 Å². The Morgan fingerprint density at radius 2 is 1.61 bits per heavy atom. The van der Waals surface area contributed by atoms with Crippen molar-refractivity contribution in [3.8, 4) is 0 Å². The molecule has 0 heterocycles. The summed E-state index contributed by atoms with van der Waals surface area (Å²) >= 11 is 0. The summed E-state index contributed by atoms with van der Waals surface area (Å²) in [5.74, 6) is 4.05. The Morgan fingerprint density at radius 3 is 2.26 bits per heavy atom. The highest BCUT2D eigenvalue weighted by molar-refractivity contribution is 5.68. The standard InChI is InChI=1S/C19H32N2O2/c1-19(2,3)23-18(22)21-14-6-4-5-13(10-14)20-17-15-11-7-8-12(9-11)16(15)17/h11-17,20H,4-10H2,1-3H3,(H,21,22). The van der Waals surface area contributed by atoms with Gasteiger partial charge in [0.05, 0.1) is 0 Å². The number of alkyl carbamates (subject to hydrolysis) is 1. The fourth-order valence-electron chi connectivity index (χ4n) is 5.77. The van der Waals surface area contributed by atoms with Crippen molar-refractivity contribution < 1.29 is 9.53 Å². The summed E-state index contributed by atoms with van der Waals surface area (Å²) in [7, 11) is 0. The van der Waals surface area contributed by atoms with Crippen LogP contribution in [0, 0.1) is 23.7 Å². The minimum atomic E-state index is -0.416. The Balaban J connectivity index is 1.25. The summed E-state index contributed by atoms with van der Waals surface area (Å²) in [6.07, 6.45) is 8.83. The van der Waals surface area contributed by atoms with Crippen molar-refractivity contribution in [2.45, 2.75) is 89.4 Å². The van der Waals surface area contributed by atoms with Crippen molar-refractivity contribution in [1.29, 1.82) is 0 Å². The van der Waals surface area contributed by atoms with Gasteiger partial charge in [-0.1, -0.05) is 0 Å². The van der Waals surface area contributed by atoms with Gasteiger partial charge < -0.3 is 15.4 Å². The molecule has 0 aromatic rings. The molecule has 4 aliphatic carbocycles. The van der Waals surface area contributed by atoms with E-state index in [4.69, 9.17) is 4.74 Å². The molecule has 1 amide bonds. The molecule has 2 bridgehead atoms. The maximum atomic E-state index is 12.0. The lowest BCUT2D eigenvalue weighted by Crippen LogP contribution is -2.46. The third-order valence-electron chi connectivity index (χ3n) is 6.56. The smallest absolute Gasteiger partial charge is 0.407 e. The SMILES string of the molecule is CC(C)(C)OC(=O)NC1CCCC(NC2C3C4CCC(C4)C23)C1. The fraction of sp³-hybridized carbons (Fsp3) is 0.947. The van der Waals surface area contributed by atoms with E-state index in [1.165, 1.54) is 32.1 Å². The molecule has 4 heteroatoms. The highest BCUT2D eigenvalue weighted by atomic mass is 16.6. The van der Waals surface area contributed by atoms with E-state index >= 15 is 0 Å². The zero-order chi connectivity index (χ0) is 16.2. The van der Waals surface area contributed by atoms with Crippen LogP contribution in [0.4, 0.5) is 4.79 Å². The average molecular weight is 320 g/mol. The molecule has 0 saturated heterocycles. The van der Waals surface area contributed by atoms with E-state index in [0.717, 1.165) is 42.6 Å². The molecule has 23 heavy (non-hydrogen) atoms. The number of amides is 1. The average Bonchev–Trinajstić information content (AvgIpc) is 2.84. The second kappa shape index (κ2) is 5.65. The molecular formula is C19H32N2O2. The number of nitrogens with one attached hydrogen (secondary N) is 2. The lowest BCUT2D eigenvalue weighted by molar-refractivity contribution is 0.0488. The van der Waals surface area contributed by atoms with Crippen LogP contribution in [0.5, 0.6) is 0 Å². The number of ether oxygens (including phenoxy) is 1. The lowest BCUT2D eigenvalue weighted by Gasteiger charge is -2.32. The molecule has 2 N–H and O–H groups in total. The first kappa shape index (κ1) is 15.7. The Labute approximate surface area is 140 Å². The van der Waals surface area contributed by atoms with Crippen molar-refractivity contribution >= 4 is 6.09 Å². The predicted molar refractivity (Wildman–Crippen MR) is 90.1 cm³/mol. The Kier molecular flexibility index (Phi) is 3.86. The highest BCUT2D eigenvalue weighted by Crippen LogP contribution is 2.65. The number of hydrogen-bond acceptors (Lipinski definition) is 3. The van der Waals surface area contributed by atoms with E-state index in [1.807, 2.05) is 20.8 Å². The quantitative estimate of drug-likeness (QED) is 0.837. The van der Waals surface area contributed by atoms with Crippen molar-refractivity contribution in [2.24, 2.45) is 23.7 Å². The monoisotopic (exact) mass is 320 g/mol. The van der Waals surface area contributed by atoms with E-state index in [-0.39, 0.29) is 12.1 Å². The third-order valence-corrected chi connectivity index (χ3v) is 6.56. The number of carbonyl (C=O) groups excluding carboxylic acids is 1. The van der Waals surface area contributed by atoms with Crippen LogP contribution in [0.15, 0.2) is 0 Å². The summed E-state index contributed by atoms with van der Waals surface area (Å²) in [4.78, 5) is 12.0. The van der Waals surface area contributed by atoms with Crippen molar-refractivity contribution in [3.05, 3.63) is 0 Å². The van der Waals surface area contributed by atoms with Crippen LogP contribution < -0.4 is 10.6 Å². The molecular weight excluding hydrogens is 288 g/mol. The molecule has 4 aliphatic rings. The van der Waals surface area contributed by atoms with Crippen LogP contribution in [0.25, 0.3) is 0 Å². The van der Waals surface area contributed by atoms with Crippen molar-refractivity contribution in [1.82, 2.24) is 10.6 Å². The van der Waals surface area contributed by atoms with E-state index < -0.39 is 5.60 Å². The number of carbonyl (C=O) groups is 1. The van der Waals surface area contributed by atoms with Crippen LogP contribution in [0.3, 0.4) is 0 Å². The third kappa shape index (κ3) is 3.24. The minimum absolute atomic E-state index is 0.260. The summed E-state index contributed by atoms with van der Waals surface area (Å²) < 4.78 is 5.40. The van der Waals surface area contributed by atoms with Gasteiger partial charge in [0.25, 0.3) is 0 Å². The zero-order valence-electron chi connectivity index (χ0n) is 14.8. The van der Waals surface area contributed by atoms with Gasteiger partial charge in [-0.3, -0.25) is 0 Å². The second-order valence-electron chi connectivity index (χ2n) is 9.39. The molecule has 0 aromatic heterocycles. The van der Waals surface area contributed by atoms with Gasteiger partial charge >= 0.3 is 6.09 Å². The van der Waals surface area contributed by atoms with Gasteiger partial charge in [-0.2, -0.15) is 0 Å². The summed E-state index contributed by atoms with van der Waals surface area (Å²) in [5, 5.41) is 7.03. The van der Waals surface area contributed by atoms with Crippen LogP contribution >= 0.6 is 0 Å². The first-order chi connectivity index (χ1) is 10.9. The minimum Gasteiger partial charge on any atom is -0.444 e. The number of fused-ring (bicyclic) bond motifs is 5. The number of hydrogen-bond donors (Lipinski definition) is 2. The molecule has 0 aromatic carbocycles. The summed E-state index contributed by atoms with van der Waals surface area (Å²) in [6, 6.07) is 1.65. The molecule has 4 nitrogen and oxygen atoms in total. The van der Waals surface area contributed by atoms with Crippen LogP contribution in [-0.2, 0) is 4.74 Å². The topological polar surface area (TPSA) is 50.4 Å². The van der Waals surface area contributed by atoms with E-state index in [1.54, 1.807) is 0 Å². The molecule has 4 fully saturated rings. The first-order valence-electron chi connectivity index (χ1n) is 9.66. The zero-order valence-corrected chi connectivity index (χ0v) is 14.8. The Bertz CT molecular complexity index is 456. The molecule has 4 rings (SSSR count). The highest BCUT2D eigenvalue weighted by Gasteiger charge is 2.65. The van der Waals surface area contributed by atoms with Gasteiger partial charge in [-0.05, 0) is 89.4 Å². The molecule has 0 radical (unpaired) electrons. The molecule has 6 unspecified atom stereocenters. The number of rotatable bonds is 3. The Hall–Kier alpha value is -0.770. The van der Waals surface area contributed by atoms with Gasteiger partial charge in [0.15, 0.2) is 0 Å². The van der Waals surface area contributed by atoms with E-state index in [0.29, 0.717) is 6.04 Å². The molecule has 6 atom stereocenters. The molecule has 0 spiro atoms. The van der Waals surface area contributed by atoms with Gasteiger partial charge in [-0.25, -0.2) is 4.79 Å². The van der Waals surface area contributed by atoms with Gasteiger partial charge in [-0.15, -0.1) is 0 Å². The lowest BCUT2D eigenvalue weighted by atomic mass is 9.90. The summed E-state index contributed by atoms with van der Waals surface area (Å²) in [6.45, 7) is 5.74. The fourth-order valence-corrected chi connectivity index (χ4v) is 5.77. The Morgan fingerprint density at radius 1 is 0.957 bits per heavy atom. The largest absolute Gasteiger partial charge is 0.444 e. The normalized spacial score (nSPS) is 44.7. The molecule has 4 saturated carbocycles.